The summed E-state index contributed by atoms with van der Waals surface area (Å²) in [4.78, 5) is 4.47. The molecule has 18 heavy (non-hydrogen) atoms. The van der Waals surface area contributed by atoms with Gasteiger partial charge in [0.2, 0.25) is 0 Å². The van der Waals surface area contributed by atoms with E-state index in [0.29, 0.717) is 0 Å². The van der Waals surface area contributed by atoms with Crippen LogP contribution in [0.2, 0.25) is 0 Å². The number of rotatable bonds is 1. The molecule has 0 saturated carbocycles. The van der Waals surface area contributed by atoms with E-state index in [9.17, 15) is 5.26 Å². The van der Waals surface area contributed by atoms with Gasteiger partial charge in [-0.1, -0.05) is 24.3 Å². The Balaban J connectivity index is 2.57. The molecule has 0 bridgehead atoms. The van der Waals surface area contributed by atoms with E-state index in [0.717, 1.165) is 22.5 Å². The molecule has 0 aromatic carbocycles. The van der Waals surface area contributed by atoms with E-state index in [1.807, 2.05) is 44.2 Å². The van der Waals surface area contributed by atoms with Gasteiger partial charge in [0.1, 0.15) is 5.54 Å². The zero-order valence-electron chi connectivity index (χ0n) is 10.5. The third-order valence-electron chi connectivity index (χ3n) is 3.04. The van der Waals surface area contributed by atoms with E-state index in [4.69, 9.17) is 5.73 Å². The molecule has 1 aliphatic rings. The van der Waals surface area contributed by atoms with Crippen LogP contribution < -0.4 is 5.73 Å². The Kier molecular flexibility index (Phi) is 3.14. The maximum atomic E-state index is 9.26. The van der Waals surface area contributed by atoms with Crippen molar-refractivity contribution in [2.75, 3.05) is 0 Å². The molecular weight excluding hydrogens is 222 g/mol. The average Bonchev–Trinajstić information content (AvgIpc) is 2.38. The number of nitriles is 1. The molecule has 1 aromatic rings. The van der Waals surface area contributed by atoms with Crippen LogP contribution in [0.3, 0.4) is 0 Å². The molecule has 0 aliphatic heterocycles. The van der Waals surface area contributed by atoms with E-state index in [1.165, 1.54) is 0 Å². The van der Waals surface area contributed by atoms with Gasteiger partial charge in [-0.2, -0.15) is 5.26 Å². The van der Waals surface area contributed by atoms with E-state index in [1.54, 1.807) is 12.2 Å². The van der Waals surface area contributed by atoms with Crippen molar-refractivity contribution in [2.45, 2.75) is 19.4 Å². The highest BCUT2D eigenvalue weighted by Crippen LogP contribution is 2.28. The van der Waals surface area contributed by atoms with Crippen molar-refractivity contribution >= 4 is 5.57 Å². The molecule has 0 fully saturated rings. The number of pyridine rings is 1. The summed E-state index contributed by atoms with van der Waals surface area (Å²) < 4.78 is 0. The zero-order valence-corrected chi connectivity index (χ0v) is 10.5. The van der Waals surface area contributed by atoms with Gasteiger partial charge in [-0.25, -0.2) is 0 Å². The summed E-state index contributed by atoms with van der Waals surface area (Å²) in [5.41, 5.74) is 8.56. The second kappa shape index (κ2) is 4.59. The normalized spacial score (nSPS) is 24.8. The minimum atomic E-state index is -1.07. The predicted octanol–water partition coefficient (Wildman–Crippen LogP) is 2.51. The summed E-state index contributed by atoms with van der Waals surface area (Å²) in [6.45, 7) is 3.89. The first kappa shape index (κ1) is 12.3. The SMILES string of the molecule is CC(=C1C=CC=CC1(N)C#N)c1cccc(C)n1. The van der Waals surface area contributed by atoms with Crippen LogP contribution in [0, 0.1) is 18.3 Å². The monoisotopic (exact) mass is 237 g/mol. The molecule has 2 N–H and O–H groups in total. The van der Waals surface area contributed by atoms with Crippen LogP contribution in [0.25, 0.3) is 5.57 Å². The molecule has 0 spiro atoms. The van der Waals surface area contributed by atoms with Crippen LogP contribution in [-0.2, 0) is 0 Å². The standard InChI is InChI=1S/C15H15N3/c1-11-6-5-8-14(18-11)12(2)13-7-3-4-9-15(13,17)10-16/h3-9H,17H2,1-2H3. The number of hydrogen-bond donors (Lipinski definition) is 1. The lowest BCUT2D eigenvalue weighted by Gasteiger charge is -2.23. The van der Waals surface area contributed by atoms with Crippen LogP contribution >= 0.6 is 0 Å². The molecule has 3 nitrogen and oxygen atoms in total. The number of hydrogen-bond acceptors (Lipinski definition) is 3. The Morgan fingerprint density at radius 1 is 1.39 bits per heavy atom. The molecule has 1 atom stereocenters. The highest BCUT2D eigenvalue weighted by atomic mass is 14.8. The topological polar surface area (TPSA) is 62.7 Å². The van der Waals surface area contributed by atoms with Gasteiger partial charge in [-0.3, -0.25) is 4.98 Å². The summed E-state index contributed by atoms with van der Waals surface area (Å²) in [5, 5.41) is 9.26. The summed E-state index contributed by atoms with van der Waals surface area (Å²) in [5.74, 6) is 0. The quantitative estimate of drug-likeness (QED) is 0.816. The van der Waals surface area contributed by atoms with E-state index in [-0.39, 0.29) is 0 Å². The minimum absolute atomic E-state index is 0.797. The lowest BCUT2D eigenvalue weighted by Crippen LogP contribution is -2.38. The van der Waals surface area contributed by atoms with Gasteiger partial charge in [0.25, 0.3) is 0 Å². The van der Waals surface area contributed by atoms with Gasteiger partial charge >= 0.3 is 0 Å². The number of aromatic nitrogens is 1. The average molecular weight is 237 g/mol. The minimum Gasteiger partial charge on any atom is -0.306 e. The number of aryl methyl sites for hydroxylation is 1. The zero-order chi connectivity index (χ0) is 13.2. The van der Waals surface area contributed by atoms with Crippen LogP contribution in [0.4, 0.5) is 0 Å². The van der Waals surface area contributed by atoms with E-state index >= 15 is 0 Å². The Bertz CT molecular complexity index is 602. The Hall–Kier alpha value is -2.18. The fourth-order valence-corrected chi connectivity index (χ4v) is 2.01. The smallest absolute Gasteiger partial charge is 0.149 e. The summed E-state index contributed by atoms with van der Waals surface area (Å²) in [6.07, 6.45) is 7.27. The van der Waals surface area contributed by atoms with Crippen molar-refractivity contribution in [2.24, 2.45) is 5.73 Å². The fraction of sp³-hybridized carbons (Fsp3) is 0.200. The molecule has 0 amide bonds. The number of nitrogens with two attached hydrogens (primary N) is 1. The third-order valence-corrected chi connectivity index (χ3v) is 3.04. The summed E-state index contributed by atoms with van der Waals surface area (Å²) in [6, 6.07) is 7.98. The van der Waals surface area contributed by atoms with Crippen molar-refractivity contribution in [3.63, 3.8) is 0 Å². The highest BCUT2D eigenvalue weighted by Gasteiger charge is 2.28. The van der Waals surface area contributed by atoms with E-state index < -0.39 is 5.54 Å². The molecule has 0 saturated heterocycles. The van der Waals surface area contributed by atoms with Crippen molar-refractivity contribution in [1.82, 2.24) is 4.98 Å². The largest absolute Gasteiger partial charge is 0.306 e. The van der Waals surface area contributed by atoms with Crippen molar-refractivity contribution in [3.05, 3.63) is 59.5 Å². The van der Waals surface area contributed by atoms with Crippen LogP contribution in [0.5, 0.6) is 0 Å². The molecule has 1 aromatic heterocycles. The molecular formula is C15H15N3. The predicted molar refractivity (Wildman–Crippen MR) is 72.4 cm³/mol. The first-order chi connectivity index (χ1) is 8.57. The first-order valence-electron chi connectivity index (χ1n) is 5.78. The highest BCUT2D eigenvalue weighted by molar-refractivity contribution is 5.72. The Morgan fingerprint density at radius 3 is 2.83 bits per heavy atom. The van der Waals surface area contributed by atoms with Crippen molar-refractivity contribution < 1.29 is 0 Å². The van der Waals surface area contributed by atoms with E-state index in [2.05, 4.69) is 11.1 Å². The third kappa shape index (κ3) is 2.11. The van der Waals surface area contributed by atoms with Gasteiger partial charge in [-0.05, 0) is 43.2 Å². The lowest BCUT2D eigenvalue weighted by molar-refractivity contribution is 0.797. The maximum Gasteiger partial charge on any atom is 0.149 e. The van der Waals surface area contributed by atoms with Gasteiger partial charge in [0.15, 0.2) is 0 Å². The molecule has 1 heterocycles. The second-order valence-electron chi connectivity index (χ2n) is 4.40. The van der Waals surface area contributed by atoms with Crippen LogP contribution in [0.15, 0.2) is 48.1 Å². The number of nitrogens with zero attached hydrogens (tertiary/aromatic N) is 2. The van der Waals surface area contributed by atoms with Gasteiger partial charge in [0, 0.05) is 5.69 Å². The van der Waals surface area contributed by atoms with Crippen LogP contribution in [0.1, 0.15) is 18.3 Å². The molecule has 1 unspecified atom stereocenters. The molecule has 1 aliphatic carbocycles. The van der Waals surface area contributed by atoms with Gasteiger partial charge in [-0.15, -0.1) is 0 Å². The maximum absolute atomic E-state index is 9.26. The van der Waals surface area contributed by atoms with Crippen LogP contribution in [-0.4, -0.2) is 10.5 Å². The van der Waals surface area contributed by atoms with Crippen molar-refractivity contribution in [3.8, 4) is 6.07 Å². The van der Waals surface area contributed by atoms with Crippen molar-refractivity contribution in [1.29, 1.82) is 5.26 Å². The first-order valence-corrected chi connectivity index (χ1v) is 5.78. The molecule has 90 valence electrons. The molecule has 2 rings (SSSR count). The lowest BCUT2D eigenvalue weighted by atomic mass is 9.84. The number of allylic oxidation sites excluding steroid dienone is 3. The summed E-state index contributed by atoms with van der Waals surface area (Å²) in [7, 11) is 0. The van der Waals surface area contributed by atoms with Gasteiger partial charge in [0.05, 0.1) is 11.8 Å². The van der Waals surface area contributed by atoms with Gasteiger partial charge < -0.3 is 5.73 Å². The Labute approximate surface area is 107 Å². The summed E-state index contributed by atoms with van der Waals surface area (Å²) >= 11 is 0. The molecule has 3 heteroatoms. The Morgan fingerprint density at radius 2 is 2.17 bits per heavy atom. The second-order valence-corrected chi connectivity index (χ2v) is 4.40. The molecule has 0 radical (unpaired) electrons. The fourth-order valence-electron chi connectivity index (χ4n) is 2.01.